The molecule has 0 spiro atoms. The smallest absolute Gasteiger partial charge is 0.210 e. The molecule has 0 aromatic carbocycles. The van der Waals surface area contributed by atoms with E-state index in [-0.39, 0.29) is 5.41 Å². The number of hydrogen-bond acceptors (Lipinski definition) is 3. The Balaban J connectivity index is 2.47. The Hall–Kier alpha value is -0.680. The topological polar surface area (TPSA) is 30.7 Å². The minimum Gasteiger partial charge on any atom is -0.227 e. The Labute approximate surface area is 101 Å². The van der Waals surface area contributed by atoms with Gasteiger partial charge in [-0.15, -0.1) is 11.3 Å². The molecule has 0 saturated heterocycles. The second-order valence-corrected chi connectivity index (χ2v) is 6.06. The summed E-state index contributed by atoms with van der Waals surface area (Å²) in [4.78, 5) is 4.22. The molecule has 3 nitrogen and oxygen atoms in total. The normalized spacial score (nSPS) is 12.0. The molecule has 0 bridgehead atoms. The fourth-order valence-corrected chi connectivity index (χ4v) is 2.72. The molecule has 0 aliphatic rings. The summed E-state index contributed by atoms with van der Waals surface area (Å²) in [7, 11) is 0. The summed E-state index contributed by atoms with van der Waals surface area (Å²) < 4.78 is 2.85. The van der Waals surface area contributed by atoms with Crippen molar-refractivity contribution in [2.45, 2.75) is 26.2 Å². The maximum Gasteiger partial charge on any atom is 0.210 e. The molecular formula is C10H12BrN3S. The van der Waals surface area contributed by atoms with E-state index in [0.717, 1.165) is 15.3 Å². The summed E-state index contributed by atoms with van der Waals surface area (Å²) in [5.74, 6) is 0. The molecule has 0 fully saturated rings. The van der Waals surface area contributed by atoms with Crippen molar-refractivity contribution < 1.29 is 0 Å². The predicted octanol–water partition coefficient (Wildman–Crippen LogP) is 3.39. The molecule has 0 N–H and O–H groups in total. The minimum atomic E-state index is 0.0430. The molecule has 0 aliphatic carbocycles. The molecule has 0 unspecified atom stereocenters. The van der Waals surface area contributed by atoms with Crippen LogP contribution in [0.3, 0.4) is 0 Å². The van der Waals surface area contributed by atoms with E-state index >= 15 is 0 Å². The van der Waals surface area contributed by atoms with Gasteiger partial charge < -0.3 is 0 Å². The highest BCUT2D eigenvalue weighted by atomic mass is 79.9. The summed E-state index contributed by atoms with van der Waals surface area (Å²) >= 11 is 5.11. The van der Waals surface area contributed by atoms with E-state index in [1.54, 1.807) is 17.5 Å². The van der Waals surface area contributed by atoms with Gasteiger partial charge in [-0.1, -0.05) is 20.8 Å². The van der Waals surface area contributed by atoms with Crippen molar-refractivity contribution in [3.8, 4) is 5.13 Å². The van der Waals surface area contributed by atoms with Gasteiger partial charge in [0.05, 0.1) is 10.2 Å². The zero-order valence-electron chi connectivity index (χ0n) is 8.86. The van der Waals surface area contributed by atoms with Gasteiger partial charge in [-0.3, -0.25) is 0 Å². The average Bonchev–Trinajstić information content (AvgIpc) is 2.68. The van der Waals surface area contributed by atoms with Crippen LogP contribution < -0.4 is 0 Å². The number of thiazole rings is 1. The summed E-state index contributed by atoms with van der Waals surface area (Å²) in [5.41, 5.74) is 1.10. The average molecular weight is 286 g/mol. The van der Waals surface area contributed by atoms with Crippen LogP contribution in [0.25, 0.3) is 5.13 Å². The maximum atomic E-state index is 4.54. The van der Waals surface area contributed by atoms with E-state index < -0.39 is 0 Å². The van der Waals surface area contributed by atoms with Gasteiger partial charge in [-0.05, 0) is 15.9 Å². The van der Waals surface area contributed by atoms with Crippen molar-refractivity contribution in [3.05, 3.63) is 27.9 Å². The Kier molecular flexibility index (Phi) is 2.68. The third-order valence-electron chi connectivity index (χ3n) is 2.00. The highest BCUT2D eigenvalue weighted by molar-refractivity contribution is 9.10. The number of nitrogens with zero attached hydrogens (tertiary/aromatic N) is 3. The number of rotatable bonds is 1. The standard InChI is InChI=1S/C10H12BrN3S/c1-10(2,3)8-7(11)6-14(13-8)9-12-4-5-15-9/h4-6H,1-3H3. The van der Waals surface area contributed by atoms with Gasteiger partial charge in [0.25, 0.3) is 0 Å². The third-order valence-corrected chi connectivity index (χ3v) is 3.34. The molecule has 0 aliphatic heterocycles. The van der Waals surface area contributed by atoms with Gasteiger partial charge in [-0.2, -0.15) is 5.10 Å². The fourth-order valence-electron chi connectivity index (χ4n) is 1.29. The van der Waals surface area contributed by atoms with Gasteiger partial charge in [0.2, 0.25) is 5.13 Å². The van der Waals surface area contributed by atoms with Crippen molar-refractivity contribution in [2.24, 2.45) is 0 Å². The molecule has 2 heterocycles. The summed E-state index contributed by atoms with van der Waals surface area (Å²) in [5, 5.41) is 7.38. The number of halogens is 1. The van der Waals surface area contributed by atoms with Gasteiger partial charge in [0.1, 0.15) is 0 Å². The lowest BCUT2D eigenvalue weighted by atomic mass is 9.93. The van der Waals surface area contributed by atoms with Crippen molar-refractivity contribution >= 4 is 27.3 Å². The highest BCUT2D eigenvalue weighted by Gasteiger charge is 2.21. The summed E-state index contributed by atoms with van der Waals surface area (Å²) in [6.45, 7) is 6.44. The van der Waals surface area contributed by atoms with Crippen LogP contribution in [0.2, 0.25) is 0 Å². The van der Waals surface area contributed by atoms with Crippen LogP contribution in [0, 0.1) is 0 Å². The zero-order chi connectivity index (χ0) is 11.1. The highest BCUT2D eigenvalue weighted by Crippen LogP contribution is 2.29. The second-order valence-electron chi connectivity index (χ2n) is 4.33. The molecule has 15 heavy (non-hydrogen) atoms. The van der Waals surface area contributed by atoms with Gasteiger partial charge in [0, 0.05) is 23.2 Å². The molecule has 0 amide bonds. The first kappa shape index (κ1) is 10.8. The molecule has 0 saturated carbocycles. The van der Waals surface area contributed by atoms with Gasteiger partial charge in [0.15, 0.2) is 0 Å². The fraction of sp³-hybridized carbons (Fsp3) is 0.400. The van der Waals surface area contributed by atoms with Crippen molar-refractivity contribution in [1.29, 1.82) is 0 Å². The van der Waals surface area contributed by atoms with Crippen LogP contribution in [0.1, 0.15) is 26.5 Å². The van der Waals surface area contributed by atoms with Crippen molar-refractivity contribution in [1.82, 2.24) is 14.8 Å². The predicted molar refractivity (Wildman–Crippen MR) is 65.6 cm³/mol. The van der Waals surface area contributed by atoms with E-state index in [1.165, 1.54) is 0 Å². The van der Waals surface area contributed by atoms with E-state index in [2.05, 4.69) is 46.8 Å². The van der Waals surface area contributed by atoms with Crippen molar-refractivity contribution in [2.75, 3.05) is 0 Å². The molecule has 2 aromatic rings. The molecule has 0 radical (unpaired) electrons. The lowest BCUT2D eigenvalue weighted by molar-refractivity contribution is 0.557. The molecule has 2 rings (SSSR count). The molecule has 5 heteroatoms. The summed E-state index contributed by atoms with van der Waals surface area (Å²) in [6.07, 6.45) is 3.74. The van der Waals surface area contributed by atoms with Crippen LogP contribution >= 0.6 is 27.3 Å². The Morgan fingerprint density at radius 3 is 2.60 bits per heavy atom. The van der Waals surface area contributed by atoms with E-state index in [0.29, 0.717) is 0 Å². The number of aromatic nitrogens is 3. The maximum absolute atomic E-state index is 4.54. The first-order valence-electron chi connectivity index (χ1n) is 4.64. The molecule has 0 atom stereocenters. The number of hydrogen-bond donors (Lipinski definition) is 0. The minimum absolute atomic E-state index is 0.0430. The van der Waals surface area contributed by atoms with Crippen LogP contribution in [-0.2, 0) is 5.41 Å². The van der Waals surface area contributed by atoms with Crippen LogP contribution in [0.4, 0.5) is 0 Å². The van der Waals surface area contributed by atoms with Crippen LogP contribution in [0.15, 0.2) is 22.2 Å². The molecule has 2 aromatic heterocycles. The van der Waals surface area contributed by atoms with E-state index in [9.17, 15) is 0 Å². The van der Waals surface area contributed by atoms with Gasteiger partial charge >= 0.3 is 0 Å². The van der Waals surface area contributed by atoms with E-state index in [4.69, 9.17) is 0 Å². The first-order valence-corrected chi connectivity index (χ1v) is 6.31. The van der Waals surface area contributed by atoms with Crippen LogP contribution in [-0.4, -0.2) is 14.8 Å². The SMILES string of the molecule is CC(C)(C)c1nn(-c2nccs2)cc1Br. The third kappa shape index (κ3) is 2.13. The Morgan fingerprint density at radius 2 is 2.13 bits per heavy atom. The monoisotopic (exact) mass is 285 g/mol. The van der Waals surface area contributed by atoms with Crippen molar-refractivity contribution in [3.63, 3.8) is 0 Å². The zero-order valence-corrected chi connectivity index (χ0v) is 11.3. The molecular weight excluding hydrogens is 274 g/mol. The first-order chi connectivity index (χ1) is 6.98. The molecule has 80 valence electrons. The van der Waals surface area contributed by atoms with E-state index in [1.807, 2.05) is 16.3 Å². The largest absolute Gasteiger partial charge is 0.227 e. The lowest BCUT2D eigenvalue weighted by Gasteiger charge is -2.15. The van der Waals surface area contributed by atoms with Gasteiger partial charge in [-0.25, -0.2) is 9.67 Å². The Bertz CT molecular complexity index is 453. The Morgan fingerprint density at radius 1 is 1.40 bits per heavy atom. The van der Waals surface area contributed by atoms with Crippen LogP contribution in [0.5, 0.6) is 0 Å². The second kappa shape index (κ2) is 3.72. The lowest BCUT2D eigenvalue weighted by Crippen LogP contribution is -2.13. The quantitative estimate of drug-likeness (QED) is 0.804. The summed E-state index contributed by atoms with van der Waals surface area (Å²) in [6, 6.07) is 0.